The van der Waals surface area contributed by atoms with Gasteiger partial charge in [-0.2, -0.15) is 0 Å². The standard InChI is InChI=1S/C3H9INO2P/c1-3(2)7-5(6)4-8/h3H,8H2,1-2H3/q-2. The normalized spacial score (nSPS) is 11.8. The molecule has 1 atom stereocenters. The molecule has 0 aliphatic heterocycles. The first kappa shape index (κ1) is 9.04. The van der Waals surface area contributed by atoms with Gasteiger partial charge >= 0.3 is 61.2 Å². The average Bonchev–Trinajstić information content (AvgIpc) is 1.65. The van der Waals surface area contributed by atoms with E-state index in [4.69, 9.17) is 4.84 Å². The summed E-state index contributed by atoms with van der Waals surface area (Å²) in [6.07, 6.45) is 0.00718. The fourth-order valence-electron chi connectivity index (χ4n) is 0.189. The summed E-state index contributed by atoms with van der Waals surface area (Å²) in [5, 5.41) is 10.3. The van der Waals surface area contributed by atoms with Crippen molar-refractivity contribution in [3.05, 3.63) is 5.21 Å². The summed E-state index contributed by atoms with van der Waals surface area (Å²) in [4.78, 5) is 4.71. The van der Waals surface area contributed by atoms with Gasteiger partial charge in [-0.1, -0.05) is 0 Å². The van der Waals surface area contributed by atoms with Gasteiger partial charge in [0.05, 0.1) is 0 Å². The fourth-order valence-corrected chi connectivity index (χ4v) is 1.08. The van der Waals surface area contributed by atoms with Gasteiger partial charge in [-0.15, -0.1) is 0 Å². The molecule has 1 unspecified atom stereocenters. The zero-order valence-electron chi connectivity index (χ0n) is 4.80. The Kier molecular flexibility index (Phi) is 5.51. The first-order valence-corrected chi connectivity index (χ1v) is 7.28. The van der Waals surface area contributed by atoms with E-state index in [1.807, 2.05) is 13.8 Å². The second-order valence-corrected chi connectivity index (χ2v) is 4.12. The van der Waals surface area contributed by atoms with Crippen molar-refractivity contribution in [3.8, 4) is 0 Å². The van der Waals surface area contributed by atoms with Crippen LogP contribution >= 0.6 is 6.88 Å². The van der Waals surface area contributed by atoms with E-state index in [2.05, 4.69) is 6.88 Å². The van der Waals surface area contributed by atoms with E-state index >= 15 is 0 Å². The third kappa shape index (κ3) is 5.18. The minimum atomic E-state index is -0.517. The van der Waals surface area contributed by atoms with Crippen LogP contribution in [-0.4, -0.2) is 9.54 Å². The second-order valence-electron chi connectivity index (χ2n) is 1.46. The Morgan fingerprint density at radius 3 is 2.38 bits per heavy atom. The Morgan fingerprint density at radius 1 is 1.75 bits per heavy atom. The van der Waals surface area contributed by atoms with Crippen LogP contribution in [0.5, 0.6) is 0 Å². The van der Waals surface area contributed by atoms with Gasteiger partial charge in [-0.25, -0.2) is 0 Å². The van der Waals surface area contributed by atoms with Crippen LogP contribution in [0.15, 0.2) is 0 Å². The molecule has 0 aromatic rings. The van der Waals surface area contributed by atoms with Crippen LogP contribution < -0.4 is 20.9 Å². The third-order valence-electron chi connectivity index (χ3n) is 0.373. The van der Waals surface area contributed by atoms with Gasteiger partial charge in [0.15, 0.2) is 0 Å². The Labute approximate surface area is 61.5 Å². The molecule has 3 nitrogen and oxygen atoms in total. The van der Waals surface area contributed by atoms with E-state index in [1.165, 1.54) is 0 Å². The molecule has 0 aliphatic rings. The minimum absolute atomic E-state index is 0.00718. The van der Waals surface area contributed by atoms with E-state index in [9.17, 15) is 5.21 Å². The first-order chi connectivity index (χ1) is 3.66. The second kappa shape index (κ2) is 4.88. The van der Waals surface area contributed by atoms with Crippen molar-refractivity contribution in [2.24, 2.45) is 0 Å². The summed E-state index contributed by atoms with van der Waals surface area (Å²) in [6, 6.07) is 0. The Balaban J connectivity index is 3.10. The molecule has 8 heavy (non-hydrogen) atoms. The molecule has 0 heterocycles. The molecule has 52 valence electrons. The predicted molar refractivity (Wildman–Crippen MR) is 31.1 cm³/mol. The maximum absolute atomic E-state index is 10.3. The maximum atomic E-state index is 10.3. The molecule has 0 rings (SSSR count). The molecule has 5 heteroatoms. The van der Waals surface area contributed by atoms with Crippen LogP contribution in [0.2, 0.25) is 0 Å². The van der Waals surface area contributed by atoms with E-state index < -0.39 is 20.9 Å². The van der Waals surface area contributed by atoms with E-state index in [-0.39, 0.29) is 6.10 Å². The Bertz CT molecular complexity index is 63.2. The van der Waals surface area contributed by atoms with Crippen molar-refractivity contribution in [2.75, 3.05) is 0 Å². The fraction of sp³-hybridized carbons (Fsp3) is 1.00. The molecular formula is C3H9INO2P-2. The molecule has 0 saturated carbocycles. The molecule has 0 amide bonds. The molecule has 0 aliphatic carbocycles. The predicted octanol–water partition coefficient (Wildman–Crippen LogP) is -2.08. The SMILES string of the molecule is CC(C)ON([O-])[I-]P. The van der Waals surface area contributed by atoms with Crippen molar-refractivity contribution in [3.63, 3.8) is 0 Å². The topological polar surface area (TPSA) is 35.5 Å². The van der Waals surface area contributed by atoms with E-state index in [1.54, 1.807) is 0 Å². The molecular weight excluding hydrogens is 240 g/mol. The van der Waals surface area contributed by atoms with E-state index in [0.29, 0.717) is 3.44 Å². The van der Waals surface area contributed by atoms with Crippen LogP contribution in [0.25, 0.3) is 0 Å². The zero-order chi connectivity index (χ0) is 6.57. The third-order valence-corrected chi connectivity index (χ3v) is 2.12. The van der Waals surface area contributed by atoms with Crippen molar-refractivity contribution in [1.29, 1.82) is 0 Å². The Hall–Kier alpha value is 1.04. The van der Waals surface area contributed by atoms with Gasteiger partial charge in [-0.3, -0.25) is 0 Å². The number of hydrogen-bond acceptors (Lipinski definition) is 3. The number of nitrogens with zero attached hydrogens (tertiary/aromatic N) is 1. The molecule has 0 saturated heterocycles. The zero-order valence-corrected chi connectivity index (χ0v) is 8.11. The summed E-state index contributed by atoms with van der Waals surface area (Å²) in [7, 11) is 0. The molecule has 0 fully saturated rings. The summed E-state index contributed by atoms with van der Waals surface area (Å²) in [6.45, 7) is 6.04. The van der Waals surface area contributed by atoms with Gasteiger partial charge in [0.2, 0.25) is 0 Å². The summed E-state index contributed by atoms with van der Waals surface area (Å²) in [5.74, 6) is 0. The van der Waals surface area contributed by atoms with Crippen LogP contribution in [0.3, 0.4) is 0 Å². The number of halogens is 1. The van der Waals surface area contributed by atoms with Gasteiger partial charge in [0.1, 0.15) is 0 Å². The van der Waals surface area contributed by atoms with Crippen molar-refractivity contribution in [2.45, 2.75) is 20.0 Å². The monoisotopic (exact) mass is 249 g/mol. The average molecular weight is 249 g/mol. The summed E-state index contributed by atoms with van der Waals surface area (Å²) in [5.41, 5.74) is 0. The summed E-state index contributed by atoms with van der Waals surface area (Å²) < 4.78 is 0.647. The number of rotatable bonds is 3. The van der Waals surface area contributed by atoms with Crippen LogP contribution in [0.1, 0.15) is 13.8 Å². The first-order valence-electron chi connectivity index (χ1n) is 2.14. The Morgan fingerprint density at radius 2 is 2.25 bits per heavy atom. The number of hydrogen-bond donors (Lipinski definition) is 0. The quantitative estimate of drug-likeness (QED) is 0.249. The van der Waals surface area contributed by atoms with Gasteiger partial charge in [0, 0.05) is 0 Å². The van der Waals surface area contributed by atoms with Gasteiger partial charge in [0.25, 0.3) is 0 Å². The van der Waals surface area contributed by atoms with E-state index in [0.717, 1.165) is 0 Å². The van der Waals surface area contributed by atoms with Crippen LogP contribution in [0, 0.1) is 5.21 Å². The van der Waals surface area contributed by atoms with Crippen LogP contribution in [-0.2, 0) is 4.84 Å². The van der Waals surface area contributed by atoms with Crippen LogP contribution in [0.4, 0.5) is 0 Å². The molecule has 0 aromatic heterocycles. The van der Waals surface area contributed by atoms with Crippen molar-refractivity contribution in [1.82, 2.24) is 3.44 Å². The van der Waals surface area contributed by atoms with Crippen molar-refractivity contribution >= 4 is 6.88 Å². The molecule has 0 N–H and O–H groups in total. The molecule has 0 radical (unpaired) electrons. The summed E-state index contributed by atoms with van der Waals surface area (Å²) >= 11 is -0.517. The molecule has 0 aromatic carbocycles. The van der Waals surface area contributed by atoms with Gasteiger partial charge < -0.3 is 0 Å². The van der Waals surface area contributed by atoms with Crippen molar-refractivity contribution < 1.29 is 25.8 Å². The van der Waals surface area contributed by atoms with Gasteiger partial charge in [-0.05, 0) is 0 Å². The molecule has 0 bridgehead atoms. The molecule has 0 spiro atoms.